The first-order chi connectivity index (χ1) is 14.9. The third-order valence-electron chi connectivity index (χ3n) is 5.37. The fourth-order valence-electron chi connectivity index (χ4n) is 3.52. The predicted octanol–water partition coefficient (Wildman–Crippen LogP) is 0.284. The summed E-state index contributed by atoms with van der Waals surface area (Å²) in [6.45, 7) is 5.96. The third-order valence-corrected chi connectivity index (χ3v) is 5.37. The van der Waals surface area contributed by atoms with Crippen LogP contribution in [-0.4, -0.2) is 85.3 Å². The maximum Gasteiger partial charge on any atom is 0.252 e. The Bertz CT molecular complexity index is 837. The molecule has 9 nitrogen and oxygen atoms in total. The fraction of sp³-hybridized carbons (Fsp3) is 0.565. The Hall–Kier alpha value is -2.46. The summed E-state index contributed by atoms with van der Waals surface area (Å²) in [4.78, 5) is 29.2. The standard InChI is InChI=1S/C23H35N3O6/c1-23(2,3)12-11-17(27)18(28)19(29)20(32-6)21(30)24-14-13-25(4)15-9-7-8-10-16(15)26(5)22(14)31/h7-12,14,17-20,27-29H,13H2,1-6H3,(H,24,30)/t14-,17?,18?,19?,20?/m0/s1. The normalized spacial score (nSPS) is 21.0. The van der Waals surface area contributed by atoms with Crippen LogP contribution in [0.15, 0.2) is 36.4 Å². The zero-order chi connectivity index (χ0) is 24.2. The van der Waals surface area contributed by atoms with Crippen molar-refractivity contribution in [3.63, 3.8) is 0 Å². The van der Waals surface area contributed by atoms with Crippen LogP contribution in [0.4, 0.5) is 11.4 Å². The number of carbonyl (C=O) groups excluding carboxylic acids is 2. The number of ether oxygens (including phenoxy) is 1. The number of carbonyl (C=O) groups is 2. The summed E-state index contributed by atoms with van der Waals surface area (Å²) in [6, 6.07) is 6.49. The zero-order valence-corrected chi connectivity index (χ0v) is 19.5. The molecule has 2 amide bonds. The number of allylic oxidation sites excluding steroid dienone is 1. The van der Waals surface area contributed by atoms with E-state index in [0.29, 0.717) is 5.69 Å². The molecule has 0 saturated heterocycles. The van der Waals surface area contributed by atoms with Gasteiger partial charge in [0, 0.05) is 27.7 Å². The van der Waals surface area contributed by atoms with E-state index in [0.717, 1.165) is 5.69 Å². The zero-order valence-electron chi connectivity index (χ0n) is 19.5. The number of hydrogen-bond acceptors (Lipinski definition) is 7. The van der Waals surface area contributed by atoms with Gasteiger partial charge in [-0.15, -0.1) is 0 Å². The topological polar surface area (TPSA) is 123 Å². The molecule has 1 aromatic carbocycles. The maximum absolute atomic E-state index is 13.0. The van der Waals surface area contributed by atoms with E-state index in [2.05, 4.69) is 5.32 Å². The van der Waals surface area contributed by atoms with Crippen LogP contribution in [0.25, 0.3) is 0 Å². The van der Waals surface area contributed by atoms with Gasteiger partial charge in [-0.25, -0.2) is 0 Å². The van der Waals surface area contributed by atoms with E-state index < -0.39 is 36.4 Å². The van der Waals surface area contributed by atoms with Crippen LogP contribution in [0.3, 0.4) is 0 Å². The minimum atomic E-state index is -1.71. The molecule has 178 valence electrons. The summed E-state index contributed by atoms with van der Waals surface area (Å²) >= 11 is 0. The monoisotopic (exact) mass is 449 g/mol. The molecule has 5 atom stereocenters. The minimum absolute atomic E-state index is 0.206. The van der Waals surface area contributed by atoms with Crippen molar-refractivity contribution in [3.05, 3.63) is 36.4 Å². The van der Waals surface area contributed by atoms with Crippen molar-refractivity contribution < 1.29 is 29.6 Å². The Labute approximate surface area is 189 Å². The third kappa shape index (κ3) is 6.07. The average molecular weight is 450 g/mol. The molecule has 1 heterocycles. The number of aliphatic hydroxyl groups excluding tert-OH is 3. The Balaban J connectivity index is 2.14. The van der Waals surface area contributed by atoms with Crippen molar-refractivity contribution in [1.82, 2.24) is 5.32 Å². The van der Waals surface area contributed by atoms with Gasteiger partial charge in [-0.05, 0) is 17.5 Å². The number of nitrogens with one attached hydrogen (secondary N) is 1. The van der Waals surface area contributed by atoms with Crippen molar-refractivity contribution in [2.75, 3.05) is 37.5 Å². The second kappa shape index (κ2) is 10.4. The first-order valence-corrected chi connectivity index (χ1v) is 10.5. The summed E-state index contributed by atoms with van der Waals surface area (Å²) in [6.07, 6.45) is -3.20. The van der Waals surface area contributed by atoms with Gasteiger partial charge in [-0.3, -0.25) is 9.59 Å². The number of amides is 2. The molecular weight excluding hydrogens is 414 g/mol. The summed E-state index contributed by atoms with van der Waals surface area (Å²) < 4.78 is 5.12. The van der Waals surface area contributed by atoms with Crippen LogP contribution < -0.4 is 15.1 Å². The number of benzene rings is 1. The fourth-order valence-corrected chi connectivity index (χ4v) is 3.52. The molecular formula is C23H35N3O6. The molecule has 0 aromatic heterocycles. The number of fused-ring (bicyclic) bond motifs is 1. The number of aliphatic hydroxyl groups is 3. The number of anilines is 2. The SMILES string of the molecule is COC(C(=O)N[C@H]1CN(C)c2ccccc2N(C)C1=O)C(O)C(O)C(O)C=CC(C)(C)C. The highest BCUT2D eigenvalue weighted by Gasteiger charge is 2.38. The van der Waals surface area contributed by atoms with Gasteiger partial charge in [0.25, 0.3) is 11.8 Å². The molecule has 9 heteroatoms. The molecule has 0 aliphatic carbocycles. The predicted molar refractivity (Wildman–Crippen MR) is 122 cm³/mol. The van der Waals surface area contributed by atoms with Crippen molar-refractivity contribution in [3.8, 4) is 0 Å². The Kier molecular flexibility index (Phi) is 8.41. The first kappa shape index (κ1) is 25.8. The number of para-hydroxylation sites is 2. The van der Waals surface area contributed by atoms with E-state index in [-0.39, 0.29) is 17.9 Å². The van der Waals surface area contributed by atoms with Crippen LogP contribution >= 0.6 is 0 Å². The highest BCUT2D eigenvalue weighted by atomic mass is 16.5. The lowest BCUT2D eigenvalue weighted by Gasteiger charge is -2.29. The van der Waals surface area contributed by atoms with Crippen molar-refractivity contribution >= 4 is 23.2 Å². The van der Waals surface area contributed by atoms with E-state index in [4.69, 9.17) is 4.74 Å². The molecule has 1 aliphatic rings. The van der Waals surface area contributed by atoms with E-state index in [1.165, 1.54) is 18.1 Å². The van der Waals surface area contributed by atoms with Crippen molar-refractivity contribution in [2.45, 2.75) is 51.2 Å². The lowest BCUT2D eigenvalue weighted by atomic mass is 9.94. The van der Waals surface area contributed by atoms with Crippen LogP contribution in [0, 0.1) is 5.41 Å². The van der Waals surface area contributed by atoms with Gasteiger partial charge in [-0.2, -0.15) is 0 Å². The molecule has 2 rings (SSSR count). The van der Waals surface area contributed by atoms with E-state index >= 15 is 0 Å². The molecule has 4 N–H and O–H groups in total. The lowest BCUT2D eigenvalue weighted by Crippen LogP contribution is -2.57. The number of methoxy groups -OCH3 is 1. The van der Waals surface area contributed by atoms with Gasteiger partial charge in [0.1, 0.15) is 24.4 Å². The van der Waals surface area contributed by atoms with Crippen molar-refractivity contribution in [2.24, 2.45) is 5.41 Å². The molecule has 32 heavy (non-hydrogen) atoms. The molecule has 0 saturated carbocycles. The van der Waals surface area contributed by atoms with Gasteiger partial charge >= 0.3 is 0 Å². The van der Waals surface area contributed by atoms with E-state index in [9.17, 15) is 24.9 Å². The molecule has 1 aromatic rings. The summed E-state index contributed by atoms with van der Waals surface area (Å²) in [5, 5.41) is 33.7. The quantitative estimate of drug-likeness (QED) is 0.441. The van der Waals surface area contributed by atoms with Gasteiger partial charge < -0.3 is 35.2 Å². The Morgan fingerprint density at radius 3 is 2.31 bits per heavy atom. The average Bonchev–Trinajstić information content (AvgIpc) is 2.82. The van der Waals surface area contributed by atoms with Crippen LogP contribution in [0.1, 0.15) is 20.8 Å². The summed E-state index contributed by atoms with van der Waals surface area (Å²) in [5.41, 5.74) is 1.32. The second-order valence-electron chi connectivity index (χ2n) is 9.18. The van der Waals surface area contributed by atoms with Gasteiger partial charge in [0.05, 0.1) is 11.4 Å². The highest BCUT2D eigenvalue weighted by Crippen LogP contribution is 2.30. The smallest absolute Gasteiger partial charge is 0.252 e. The minimum Gasteiger partial charge on any atom is -0.387 e. The summed E-state index contributed by atoms with van der Waals surface area (Å²) in [7, 11) is 4.65. The highest BCUT2D eigenvalue weighted by molar-refractivity contribution is 6.03. The second-order valence-corrected chi connectivity index (χ2v) is 9.18. The van der Waals surface area contributed by atoms with Gasteiger partial charge in [0.15, 0.2) is 6.10 Å². The van der Waals surface area contributed by atoms with Crippen LogP contribution in [0.5, 0.6) is 0 Å². The van der Waals surface area contributed by atoms with Gasteiger partial charge in [0.2, 0.25) is 0 Å². The van der Waals surface area contributed by atoms with E-state index in [1.807, 2.05) is 57.0 Å². The van der Waals surface area contributed by atoms with Crippen LogP contribution in [-0.2, 0) is 14.3 Å². The number of rotatable bonds is 7. The molecule has 0 radical (unpaired) electrons. The summed E-state index contributed by atoms with van der Waals surface area (Å²) in [5.74, 6) is -1.09. The lowest BCUT2D eigenvalue weighted by molar-refractivity contribution is -0.150. The Morgan fingerprint density at radius 1 is 1.16 bits per heavy atom. The number of nitrogens with zero attached hydrogens (tertiary/aromatic N) is 2. The molecule has 1 aliphatic heterocycles. The number of hydrogen-bond donors (Lipinski definition) is 4. The maximum atomic E-state index is 13.0. The molecule has 0 fully saturated rings. The van der Waals surface area contributed by atoms with Crippen molar-refractivity contribution in [1.29, 1.82) is 0 Å². The van der Waals surface area contributed by atoms with Gasteiger partial charge in [-0.1, -0.05) is 45.1 Å². The first-order valence-electron chi connectivity index (χ1n) is 10.5. The largest absolute Gasteiger partial charge is 0.387 e. The molecule has 0 spiro atoms. The van der Waals surface area contributed by atoms with E-state index in [1.54, 1.807) is 13.1 Å². The number of likely N-dealkylation sites (N-methyl/N-ethyl adjacent to an activating group) is 2. The Morgan fingerprint density at radius 2 is 1.75 bits per heavy atom. The van der Waals surface area contributed by atoms with Crippen LogP contribution in [0.2, 0.25) is 0 Å². The molecule has 4 unspecified atom stereocenters. The molecule has 0 bridgehead atoms.